The average Bonchev–Trinajstić information content (AvgIpc) is 2.42. The first-order chi connectivity index (χ1) is 8.90. The predicted molar refractivity (Wildman–Crippen MR) is 78.9 cm³/mol. The zero-order chi connectivity index (χ0) is 12.6. The molecular weight excluding hydrogens is 242 g/mol. The van der Waals surface area contributed by atoms with Crippen molar-refractivity contribution in [3.8, 4) is 0 Å². The third-order valence-electron chi connectivity index (χ3n) is 3.51. The van der Waals surface area contributed by atoms with E-state index in [9.17, 15) is 0 Å². The molecule has 18 heavy (non-hydrogen) atoms. The number of methoxy groups -OCH3 is 1. The van der Waals surface area contributed by atoms with Gasteiger partial charge in [0.15, 0.2) is 0 Å². The van der Waals surface area contributed by atoms with Gasteiger partial charge in [-0.2, -0.15) is 11.8 Å². The molecule has 1 N–H and O–H groups in total. The second kappa shape index (κ2) is 7.82. The maximum atomic E-state index is 5.23. The van der Waals surface area contributed by atoms with Crippen LogP contribution in [0.2, 0.25) is 0 Å². The van der Waals surface area contributed by atoms with Crippen LogP contribution in [0.4, 0.5) is 0 Å². The van der Waals surface area contributed by atoms with Gasteiger partial charge in [-0.15, -0.1) is 0 Å². The van der Waals surface area contributed by atoms with Crippen molar-refractivity contribution in [1.82, 2.24) is 5.32 Å². The first-order valence-electron chi connectivity index (χ1n) is 6.74. The Bertz CT molecular complexity index is 350. The van der Waals surface area contributed by atoms with Crippen molar-refractivity contribution in [2.75, 3.05) is 25.2 Å². The molecule has 3 heteroatoms. The maximum Gasteiger partial charge on any atom is 0.0716 e. The lowest BCUT2D eigenvalue weighted by Gasteiger charge is -2.21. The van der Waals surface area contributed by atoms with E-state index in [0.29, 0.717) is 6.61 Å². The van der Waals surface area contributed by atoms with E-state index in [0.717, 1.165) is 19.0 Å². The molecule has 0 bridgehead atoms. The lowest BCUT2D eigenvalue weighted by molar-refractivity contribution is 0.184. The van der Waals surface area contributed by atoms with Gasteiger partial charge in [0.2, 0.25) is 0 Å². The molecule has 0 aliphatic carbocycles. The number of benzene rings is 1. The number of nitrogens with one attached hydrogen (secondary N) is 1. The Balaban J connectivity index is 1.78. The monoisotopic (exact) mass is 265 g/mol. The molecule has 0 aromatic heterocycles. The summed E-state index contributed by atoms with van der Waals surface area (Å²) in [5, 5.41) is 3.61. The fourth-order valence-corrected chi connectivity index (χ4v) is 3.59. The summed E-state index contributed by atoms with van der Waals surface area (Å²) in [6, 6.07) is 8.53. The van der Waals surface area contributed by atoms with E-state index in [1.807, 2.05) is 0 Å². The summed E-state index contributed by atoms with van der Waals surface area (Å²) in [5.41, 5.74) is 2.66. The van der Waals surface area contributed by atoms with Gasteiger partial charge in [-0.3, -0.25) is 0 Å². The molecule has 2 nitrogen and oxygen atoms in total. The normalized spacial score (nSPS) is 16.9. The van der Waals surface area contributed by atoms with E-state index < -0.39 is 0 Å². The molecule has 1 aromatic rings. The molecule has 0 unspecified atom stereocenters. The van der Waals surface area contributed by atoms with Crippen molar-refractivity contribution in [3.63, 3.8) is 0 Å². The quantitative estimate of drug-likeness (QED) is 0.854. The highest BCUT2D eigenvalue weighted by Crippen LogP contribution is 2.22. The second-order valence-corrected chi connectivity index (χ2v) is 6.11. The smallest absolute Gasteiger partial charge is 0.0716 e. The van der Waals surface area contributed by atoms with E-state index in [-0.39, 0.29) is 0 Å². The Kier molecular flexibility index (Phi) is 6.05. The third kappa shape index (κ3) is 4.30. The number of hydrogen-bond donors (Lipinski definition) is 1. The zero-order valence-corrected chi connectivity index (χ0v) is 12.0. The molecule has 1 aliphatic rings. The molecule has 2 rings (SSSR count). The fraction of sp³-hybridized carbons (Fsp3) is 0.600. The molecule has 0 radical (unpaired) electrons. The van der Waals surface area contributed by atoms with Gasteiger partial charge in [0.25, 0.3) is 0 Å². The van der Waals surface area contributed by atoms with Gasteiger partial charge in [-0.05, 0) is 47.9 Å². The van der Waals surface area contributed by atoms with E-state index in [2.05, 4.69) is 41.3 Å². The molecule has 0 amide bonds. The summed E-state index contributed by atoms with van der Waals surface area (Å²) in [7, 11) is 1.75. The summed E-state index contributed by atoms with van der Waals surface area (Å²) < 4.78 is 5.23. The average molecular weight is 265 g/mol. The van der Waals surface area contributed by atoms with Crippen molar-refractivity contribution in [2.45, 2.75) is 26.0 Å². The number of hydrogen-bond acceptors (Lipinski definition) is 3. The first kappa shape index (κ1) is 13.9. The van der Waals surface area contributed by atoms with Gasteiger partial charge in [0, 0.05) is 13.7 Å². The van der Waals surface area contributed by atoms with Crippen LogP contribution in [0.15, 0.2) is 24.3 Å². The van der Waals surface area contributed by atoms with Crippen molar-refractivity contribution >= 4 is 11.8 Å². The first-order valence-corrected chi connectivity index (χ1v) is 7.90. The highest BCUT2D eigenvalue weighted by molar-refractivity contribution is 7.99. The molecule has 100 valence electrons. The van der Waals surface area contributed by atoms with Crippen molar-refractivity contribution in [1.29, 1.82) is 0 Å². The predicted octanol–water partition coefficient (Wildman–Crippen LogP) is 3.07. The Labute approximate surface area is 114 Å². The molecule has 1 fully saturated rings. The summed E-state index contributed by atoms with van der Waals surface area (Å²) in [4.78, 5) is 0. The zero-order valence-electron chi connectivity index (χ0n) is 11.2. The largest absolute Gasteiger partial charge is 0.380 e. The van der Waals surface area contributed by atoms with E-state index in [1.54, 1.807) is 7.11 Å². The van der Waals surface area contributed by atoms with Gasteiger partial charge in [-0.1, -0.05) is 24.3 Å². The molecule has 1 saturated heterocycles. The summed E-state index contributed by atoms with van der Waals surface area (Å²) in [6.07, 6.45) is 2.74. The van der Waals surface area contributed by atoms with E-state index in [1.165, 1.54) is 35.5 Å². The van der Waals surface area contributed by atoms with Crippen LogP contribution in [0.3, 0.4) is 0 Å². The summed E-state index contributed by atoms with van der Waals surface area (Å²) in [5.74, 6) is 3.56. The summed E-state index contributed by atoms with van der Waals surface area (Å²) in [6.45, 7) is 2.82. The number of rotatable bonds is 6. The maximum absolute atomic E-state index is 5.23. The van der Waals surface area contributed by atoms with Gasteiger partial charge >= 0.3 is 0 Å². The van der Waals surface area contributed by atoms with Crippen LogP contribution in [0, 0.1) is 5.92 Å². The van der Waals surface area contributed by atoms with Crippen LogP contribution in [-0.4, -0.2) is 25.2 Å². The van der Waals surface area contributed by atoms with Crippen molar-refractivity contribution in [3.05, 3.63) is 35.4 Å². The topological polar surface area (TPSA) is 21.3 Å². The number of ether oxygens (including phenoxy) is 1. The Morgan fingerprint density at radius 1 is 1.22 bits per heavy atom. The number of thioether (sulfide) groups is 1. The van der Waals surface area contributed by atoms with Gasteiger partial charge in [0.1, 0.15) is 0 Å². The third-order valence-corrected chi connectivity index (χ3v) is 4.56. The highest BCUT2D eigenvalue weighted by atomic mass is 32.2. The van der Waals surface area contributed by atoms with Crippen LogP contribution in [0.25, 0.3) is 0 Å². The molecule has 0 atom stereocenters. The van der Waals surface area contributed by atoms with E-state index in [4.69, 9.17) is 4.74 Å². The van der Waals surface area contributed by atoms with Crippen LogP contribution in [-0.2, 0) is 17.9 Å². The SMILES string of the molecule is COCc1ccccc1CNCC1CCSCC1. The van der Waals surface area contributed by atoms with Crippen LogP contribution in [0.1, 0.15) is 24.0 Å². The minimum absolute atomic E-state index is 0.706. The Morgan fingerprint density at radius 3 is 2.67 bits per heavy atom. The molecular formula is C15H23NOS. The fourth-order valence-electron chi connectivity index (χ4n) is 2.39. The van der Waals surface area contributed by atoms with Gasteiger partial charge < -0.3 is 10.1 Å². The lowest BCUT2D eigenvalue weighted by Crippen LogP contribution is -2.25. The minimum Gasteiger partial charge on any atom is -0.380 e. The van der Waals surface area contributed by atoms with Crippen molar-refractivity contribution in [2.24, 2.45) is 5.92 Å². The van der Waals surface area contributed by atoms with Crippen LogP contribution >= 0.6 is 11.8 Å². The Morgan fingerprint density at radius 2 is 1.94 bits per heavy atom. The van der Waals surface area contributed by atoms with Gasteiger partial charge in [-0.25, -0.2) is 0 Å². The standard InChI is InChI=1S/C15H23NOS/c1-17-12-15-5-3-2-4-14(15)11-16-10-13-6-8-18-9-7-13/h2-5,13,16H,6-12H2,1H3. The highest BCUT2D eigenvalue weighted by Gasteiger charge is 2.13. The molecule has 1 heterocycles. The Hall–Kier alpha value is -0.510. The summed E-state index contributed by atoms with van der Waals surface area (Å²) >= 11 is 2.09. The van der Waals surface area contributed by atoms with Crippen LogP contribution in [0.5, 0.6) is 0 Å². The lowest BCUT2D eigenvalue weighted by atomic mass is 10.0. The molecule has 0 spiro atoms. The second-order valence-electron chi connectivity index (χ2n) is 4.89. The van der Waals surface area contributed by atoms with Crippen molar-refractivity contribution < 1.29 is 4.74 Å². The van der Waals surface area contributed by atoms with E-state index >= 15 is 0 Å². The minimum atomic E-state index is 0.706. The molecule has 1 aromatic carbocycles. The molecule has 1 aliphatic heterocycles. The van der Waals surface area contributed by atoms with Crippen LogP contribution < -0.4 is 5.32 Å². The molecule has 0 saturated carbocycles. The van der Waals surface area contributed by atoms with Gasteiger partial charge in [0.05, 0.1) is 6.61 Å².